The van der Waals surface area contributed by atoms with E-state index in [2.05, 4.69) is 10.0 Å². The highest BCUT2D eigenvalue weighted by molar-refractivity contribution is 7.89. The van der Waals surface area contributed by atoms with Gasteiger partial charge in [0, 0.05) is 6.54 Å². The van der Waals surface area contributed by atoms with Crippen molar-refractivity contribution in [1.82, 2.24) is 10.0 Å². The van der Waals surface area contributed by atoms with Gasteiger partial charge in [-0.3, -0.25) is 0 Å². The van der Waals surface area contributed by atoms with Crippen LogP contribution in [0.1, 0.15) is 13.3 Å². The van der Waals surface area contributed by atoms with Crippen molar-refractivity contribution in [3.05, 3.63) is 29.0 Å². The summed E-state index contributed by atoms with van der Waals surface area (Å²) in [5, 5.41) is 2.86. The van der Waals surface area contributed by atoms with Crippen molar-refractivity contribution in [2.24, 2.45) is 0 Å². The molecular formula is C11H16ClFN2O2S. The van der Waals surface area contributed by atoms with Gasteiger partial charge in [-0.15, -0.1) is 0 Å². The highest BCUT2D eigenvalue weighted by Gasteiger charge is 2.19. The number of hydrogen-bond acceptors (Lipinski definition) is 3. The fraction of sp³-hybridized carbons (Fsp3) is 0.455. The molecule has 0 aliphatic carbocycles. The lowest BCUT2D eigenvalue weighted by Crippen LogP contribution is -2.28. The molecule has 2 N–H and O–H groups in total. The predicted octanol–water partition coefficient (Wildman–Crippen LogP) is 1.76. The summed E-state index contributed by atoms with van der Waals surface area (Å²) >= 11 is 5.55. The van der Waals surface area contributed by atoms with Gasteiger partial charge in [0.2, 0.25) is 10.0 Å². The largest absolute Gasteiger partial charge is 0.317 e. The van der Waals surface area contributed by atoms with Crippen molar-refractivity contribution in [2.45, 2.75) is 18.2 Å². The van der Waals surface area contributed by atoms with E-state index in [1.54, 1.807) is 0 Å². The SMILES string of the molecule is CCNCCCNS(=O)(=O)c1cccc(Cl)c1F. The molecule has 7 heteroatoms. The van der Waals surface area contributed by atoms with Crippen molar-refractivity contribution in [1.29, 1.82) is 0 Å². The first-order valence-corrected chi connectivity index (χ1v) is 7.49. The molecule has 0 heterocycles. The standard InChI is InChI=1S/C11H16ClFN2O2S/c1-2-14-7-4-8-15-18(16,17)10-6-3-5-9(12)11(10)13/h3,5-6,14-15H,2,4,7-8H2,1H3. The van der Waals surface area contributed by atoms with Crippen LogP contribution in [0, 0.1) is 5.82 Å². The second kappa shape index (κ2) is 7.04. The quantitative estimate of drug-likeness (QED) is 0.754. The Kier molecular flexibility index (Phi) is 6.01. The van der Waals surface area contributed by atoms with Gasteiger partial charge in [0.05, 0.1) is 5.02 Å². The summed E-state index contributed by atoms with van der Waals surface area (Å²) in [6.45, 7) is 3.75. The second-order valence-corrected chi connectivity index (χ2v) is 5.80. The predicted molar refractivity (Wildman–Crippen MR) is 69.8 cm³/mol. The van der Waals surface area contributed by atoms with Crippen molar-refractivity contribution >= 4 is 21.6 Å². The van der Waals surface area contributed by atoms with Crippen LogP contribution in [0.15, 0.2) is 23.1 Å². The molecule has 0 aliphatic rings. The summed E-state index contributed by atoms with van der Waals surface area (Å²) in [6, 6.07) is 3.90. The smallest absolute Gasteiger partial charge is 0.243 e. The van der Waals surface area contributed by atoms with Crippen LogP contribution in [-0.4, -0.2) is 28.1 Å². The highest BCUT2D eigenvalue weighted by Crippen LogP contribution is 2.21. The maximum atomic E-state index is 13.6. The third kappa shape index (κ3) is 4.20. The molecule has 1 aromatic rings. The summed E-state index contributed by atoms with van der Waals surface area (Å²) in [7, 11) is -3.84. The van der Waals surface area contributed by atoms with Crippen molar-refractivity contribution in [2.75, 3.05) is 19.6 Å². The lowest BCUT2D eigenvalue weighted by atomic mass is 10.3. The molecule has 0 radical (unpaired) electrons. The first-order chi connectivity index (χ1) is 8.49. The maximum Gasteiger partial charge on any atom is 0.243 e. The van der Waals surface area contributed by atoms with Gasteiger partial charge in [-0.25, -0.2) is 17.5 Å². The van der Waals surface area contributed by atoms with Crippen LogP contribution in [-0.2, 0) is 10.0 Å². The van der Waals surface area contributed by atoms with E-state index < -0.39 is 20.7 Å². The zero-order valence-corrected chi connectivity index (χ0v) is 11.6. The lowest BCUT2D eigenvalue weighted by molar-refractivity contribution is 0.554. The summed E-state index contributed by atoms with van der Waals surface area (Å²) in [5.74, 6) is -0.918. The summed E-state index contributed by atoms with van der Waals surface area (Å²) in [6.07, 6.45) is 0.634. The number of halogens is 2. The van der Waals surface area contributed by atoms with Gasteiger partial charge in [-0.05, 0) is 31.6 Å². The molecule has 0 saturated carbocycles. The Hall–Kier alpha value is -0.690. The Balaban J connectivity index is 2.66. The molecule has 0 aliphatic heterocycles. The summed E-state index contributed by atoms with van der Waals surface area (Å²) in [5.41, 5.74) is 0. The Morgan fingerprint density at radius 3 is 2.72 bits per heavy atom. The molecular weight excluding hydrogens is 279 g/mol. The Bertz CT molecular complexity index is 494. The molecule has 0 aromatic heterocycles. The molecule has 102 valence electrons. The van der Waals surface area contributed by atoms with E-state index in [1.165, 1.54) is 18.2 Å². The van der Waals surface area contributed by atoms with E-state index in [4.69, 9.17) is 11.6 Å². The molecule has 0 fully saturated rings. The van der Waals surface area contributed by atoms with Crippen LogP contribution in [0.25, 0.3) is 0 Å². The third-order valence-electron chi connectivity index (χ3n) is 2.28. The zero-order valence-electron chi connectivity index (χ0n) is 10.0. The molecule has 1 rings (SSSR count). The number of sulfonamides is 1. The van der Waals surface area contributed by atoms with Crippen molar-refractivity contribution < 1.29 is 12.8 Å². The molecule has 0 amide bonds. The first-order valence-electron chi connectivity index (χ1n) is 5.63. The molecule has 18 heavy (non-hydrogen) atoms. The number of hydrogen-bond donors (Lipinski definition) is 2. The minimum atomic E-state index is -3.84. The molecule has 0 saturated heterocycles. The fourth-order valence-corrected chi connectivity index (χ4v) is 2.77. The highest BCUT2D eigenvalue weighted by atomic mass is 35.5. The molecule has 1 aromatic carbocycles. The number of rotatable bonds is 7. The molecule has 0 bridgehead atoms. The summed E-state index contributed by atoms with van der Waals surface area (Å²) < 4.78 is 39.5. The van der Waals surface area contributed by atoms with Gasteiger partial charge in [0.15, 0.2) is 5.82 Å². The third-order valence-corrected chi connectivity index (χ3v) is 4.05. The van der Waals surface area contributed by atoms with Crippen LogP contribution in [0.2, 0.25) is 5.02 Å². The molecule has 0 spiro atoms. The first kappa shape index (κ1) is 15.4. The van der Waals surface area contributed by atoms with E-state index in [1.807, 2.05) is 6.92 Å². The molecule has 4 nitrogen and oxygen atoms in total. The average molecular weight is 295 g/mol. The van der Waals surface area contributed by atoms with Gasteiger partial charge < -0.3 is 5.32 Å². The van der Waals surface area contributed by atoms with Gasteiger partial charge in [0.1, 0.15) is 4.90 Å². The number of benzene rings is 1. The minimum absolute atomic E-state index is 0.203. The summed E-state index contributed by atoms with van der Waals surface area (Å²) in [4.78, 5) is -0.418. The lowest BCUT2D eigenvalue weighted by Gasteiger charge is -2.08. The van der Waals surface area contributed by atoms with Crippen molar-refractivity contribution in [3.8, 4) is 0 Å². The minimum Gasteiger partial charge on any atom is -0.317 e. The number of nitrogens with one attached hydrogen (secondary N) is 2. The van der Waals surface area contributed by atoms with Gasteiger partial charge in [0.25, 0.3) is 0 Å². The van der Waals surface area contributed by atoms with Gasteiger partial charge in [-0.2, -0.15) is 0 Å². The molecule has 0 unspecified atom stereocenters. The van der Waals surface area contributed by atoms with E-state index in [9.17, 15) is 12.8 Å². The Morgan fingerprint density at radius 2 is 2.06 bits per heavy atom. The van der Waals surface area contributed by atoms with Crippen LogP contribution < -0.4 is 10.0 Å². The second-order valence-electron chi connectivity index (χ2n) is 3.66. The topological polar surface area (TPSA) is 58.2 Å². The molecule has 0 atom stereocenters. The zero-order chi connectivity index (χ0) is 13.6. The monoisotopic (exact) mass is 294 g/mol. The average Bonchev–Trinajstić information content (AvgIpc) is 2.32. The Labute approximate surface area is 112 Å². The normalized spacial score (nSPS) is 11.7. The van der Waals surface area contributed by atoms with E-state index >= 15 is 0 Å². The van der Waals surface area contributed by atoms with E-state index in [0.717, 1.165) is 6.54 Å². The fourth-order valence-electron chi connectivity index (χ4n) is 1.37. The maximum absolute atomic E-state index is 13.6. The van der Waals surface area contributed by atoms with E-state index in [0.29, 0.717) is 13.0 Å². The van der Waals surface area contributed by atoms with Crippen LogP contribution in [0.3, 0.4) is 0 Å². The van der Waals surface area contributed by atoms with E-state index in [-0.39, 0.29) is 11.6 Å². The van der Waals surface area contributed by atoms with Crippen LogP contribution in [0.5, 0.6) is 0 Å². The van der Waals surface area contributed by atoms with Gasteiger partial charge >= 0.3 is 0 Å². The van der Waals surface area contributed by atoms with Gasteiger partial charge in [-0.1, -0.05) is 24.6 Å². The van der Waals surface area contributed by atoms with Crippen molar-refractivity contribution in [3.63, 3.8) is 0 Å². The van der Waals surface area contributed by atoms with Crippen LogP contribution in [0.4, 0.5) is 4.39 Å². The van der Waals surface area contributed by atoms with Crippen LogP contribution >= 0.6 is 11.6 Å². The Morgan fingerprint density at radius 1 is 1.33 bits per heavy atom.